The summed E-state index contributed by atoms with van der Waals surface area (Å²) in [4.78, 5) is 20.4. The number of ether oxygens (including phenoxy) is 1. The summed E-state index contributed by atoms with van der Waals surface area (Å²) >= 11 is 1.61. The maximum absolute atomic E-state index is 10.7. The Balaban J connectivity index is 2.32. The van der Waals surface area contributed by atoms with E-state index in [1.807, 2.05) is 0 Å². The van der Waals surface area contributed by atoms with Crippen molar-refractivity contribution in [2.75, 3.05) is 11.6 Å². The molecule has 1 unspecified atom stereocenters. The lowest BCUT2D eigenvalue weighted by Crippen LogP contribution is -2.34. The number of esters is 1. The van der Waals surface area contributed by atoms with Gasteiger partial charge in [0.05, 0.1) is 0 Å². The second kappa shape index (κ2) is 3.58. The van der Waals surface area contributed by atoms with Crippen LogP contribution in [0.15, 0.2) is 0 Å². The molecule has 0 aromatic heterocycles. The summed E-state index contributed by atoms with van der Waals surface area (Å²) < 4.78 is 4.13. The van der Waals surface area contributed by atoms with Crippen molar-refractivity contribution in [2.45, 2.75) is 6.04 Å². The molecule has 5 heteroatoms. The van der Waals surface area contributed by atoms with Gasteiger partial charge in [0, 0.05) is 11.6 Å². The first-order valence-corrected chi connectivity index (χ1v) is 3.95. The molecular weight excluding hydrogens is 154 g/mol. The van der Waals surface area contributed by atoms with Crippen molar-refractivity contribution in [3.8, 4) is 0 Å². The monoisotopic (exact) mass is 161 g/mol. The van der Waals surface area contributed by atoms with Crippen molar-refractivity contribution in [3.05, 3.63) is 0 Å². The van der Waals surface area contributed by atoms with Gasteiger partial charge in [-0.2, -0.15) is 0 Å². The Labute approximate surface area is 62.3 Å². The number of carbonyl (C=O) groups is 2. The molecule has 0 saturated carbocycles. The smallest absolute Gasteiger partial charge is 0.331 e. The molecule has 1 aliphatic rings. The zero-order valence-electron chi connectivity index (χ0n) is 5.20. The highest BCUT2D eigenvalue weighted by Crippen LogP contribution is 2.09. The number of carbonyl (C=O) groups excluding carboxylic acids is 2. The third-order valence-corrected chi connectivity index (χ3v) is 2.10. The Morgan fingerprint density at radius 3 is 3.10 bits per heavy atom. The Morgan fingerprint density at radius 1 is 1.80 bits per heavy atom. The maximum atomic E-state index is 10.7. The molecule has 1 heterocycles. The van der Waals surface area contributed by atoms with Gasteiger partial charge in [-0.25, -0.2) is 4.79 Å². The quantitative estimate of drug-likeness (QED) is 0.331. The summed E-state index contributed by atoms with van der Waals surface area (Å²) in [5.74, 6) is 0.950. The van der Waals surface area contributed by atoms with E-state index in [2.05, 4.69) is 10.1 Å². The Hall–Kier alpha value is -0.550. The van der Waals surface area contributed by atoms with Crippen molar-refractivity contribution in [1.29, 1.82) is 0 Å². The van der Waals surface area contributed by atoms with E-state index in [1.165, 1.54) is 0 Å². The number of hydrogen-bond donors (Lipinski definition) is 1. The summed E-state index contributed by atoms with van der Waals surface area (Å²) in [6.45, 7) is 0.160. The molecule has 1 N–H and O–H groups in total. The summed E-state index contributed by atoms with van der Waals surface area (Å²) in [5.41, 5.74) is 0. The average molecular weight is 161 g/mol. The van der Waals surface area contributed by atoms with Crippen LogP contribution in [0, 0.1) is 0 Å². The fourth-order valence-corrected chi connectivity index (χ4v) is 1.60. The van der Waals surface area contributed by atoms with Gasteiger partial charge in [0.1, 0.15) is 6.04 Å². The zero-order valence-corrected chi connectivity index (χ0v) is 6.02. The highest BCUT2D eigenvalue weighted by molar-refractivity contribution is 7.99. The number of thioether (sulfide) groups is 1. The molecule has 1 fully saturated rings. The van der Waals surface area contributed by atoms with Crippen LogP contribution in [0.2, 0.25) is 0 Å². The van der Waals surface area contributed by atoms with Crippen LogP contribution in [-0.2, 0) is 14.3 Å². The van der Waals surface area contributed by atoms with E-state index in [4.69, 9.17) is 0 Å². The van der Waals surface area contributed by atoms with Gasteiger partial charge in [-0.05, 0) is 0 Å². The molecule has 0 radical (unpaired) electrons. The predicted molar refractivity (Wildman–Crippen MR) is 36.4 cm³/mol. The van der Waals surface area contributed by atoms with Crippen LogP contribution in [-0.4, -0.2) is 30.1 Å². The van der Waals surface area contributed by atoms with Crippen LogP contribution in [0.3, 0.4) is 0 Å². The van der Waals surface area contributed by atoms with E-state index >= 15 is 0 Å². The third kappa shape index (κ3) is 1.71. The van der Waals surface area contributed by atoms with Crippen molar-refractivity contribution >= 4 is 24.2 Å². The Morgan fingerprint density at radius 2 is 2.60 bits per heavy atom. The van der Waals surface area contributed by atoms with Crippen molar-refractivity contribution in [3.63, 3.8) is 0 Å². The zero-order chi connectivity index (χ0) is 7.40. The van der Waals surface area contributed by atoms with Crippen LogP contribution in [0.1, 0.15) is 0 Å². The van der Waals surface area contributed by atoms with Crippen molar-refractivity contribution < 1.29 is 14.3 Å². The molecule has 1 aliphatic heterocycles. The summed E-state index contributed by atoms with van der Waals surface area (Å²) in [5, 5.41) is 2.87. The molecule has 1 saturated heterocycles. The lowest BCUT2D eigenvalue weighted by atomic mass is 10.3. The number of nitrogens with one attached hydrogen (secondary N) is 1. The van der Waals surface area contributed by atoms with Crippen molar-refractivity contribution in [1.82, 2.24) is 5.32 Å². The van der Waals surface area contributed by atoms with Gasteiger partial charge in [0.2, 0.25) is 0 Å². The average Bonchev–Trinajstić information content (AvgIpc) is 2.38. The topological polar surface area (TPSA) is 55.4 Å². The molecule has 1 rings (SSSR count). The molecule has 0 aromatic rings. The standard InChI is InChI=1S/C5H7NO3S/c7-3-9-5(8)4-1-10-2-6-4/h3-4,6H,1-2H2. The van der Waals surface area contributed by atoms with Crippen LogP contribution in [0.4, 0.5) is 0 Å². The highest BCUT2D eigenvalue weighted by atomic mass is 32.2. The first kappa shape index (κ1) is 7.56. The molecule has 0 bridgehead atoms. The number of hydrogen-bond acceptors (Lipinski definition) is 5. The largest absolute Gasteiger partial charge is 0.394 e. The second-order valence-corrected chi connectivity index (χ2v) is 2.84. The first-order valence-electron chi connectivity index (χ1n) is 2.80. The molecule has 0 aromatic carbocycles. The van der Waals surface area contributed by atoms with E-state index in [0.717, 1.165) is 5.88 Å². The van der Waals surface area contributed by atoms with E-state index in [1.54, 1.807) is 11.8 Å². The van der Waals surface area contributed by atoms with Crippen LogP contribution < -0.4 is 5.32 Å². The molecule has 0 amide bonds. The minimum atomic E-state index is -0.486. The van der Waals surface area contributed by atoms with E-state index in [0.29, 0.717) is 5.75 Å². The molecular formula is C5H7NO3S. The lowest BCUT2D eigenvalue weighted by molar-refractivity contribution is -0.152. The van der Waals surface area contributed by atoms with Crippen LogP contribution in [0.25, 0.3) is 0 Å². The van der Waals surface area contributed by atoms with Gasteiger partial charge in [0.25, 0.3) is 0 Å². The van der Waals surface area contributed by atoms with Gasteiger partial charge < -0.3 is 4.74 Å². The Bertz CT molecular complexity index is 144. The molecule has 56 valence electrons. The van der Waals surface area contributed by atoms with Crippen molar-refractivity contribution in [2.24, 2.45) is 0 Å². The predicted octanol–water partition coefficient (Wildman–Crippen LogP) is -0.652. The minimum Gasteiger partial charge on any atom is -0.394 e. The third-order valence-electron chi connectivity index (χ3n) is 1.17. The van der Waals surface area contributed by atoms with Gasteiger partial charge in [-0.3, -0.25) is 10.1 Å². The summed E-state index contributed by atoms with van der Waals surface area (Å²) in [6.07, 6.45) is 0. The summed E-state index contributed by atoms with van der Waals surface area (Å²) in [6, 6.07) is -0.296. The molecule has 10 heavy (non-hydrogen) atoms. The van der Waals surface area contributed by atoms with Gasteiger partial charge in [-0.15, -0.1) is 11.8 Å². The number of rotatable bonds is 2. The molecule has 1 atom stereocenters. The van der Waals surface area contributed by atoms with Crippen LogP contribution in [0.5, 0.6) is 0 Å². The maximum Gasteiger partial charge on any atom is 0.331 e. The van der Waals surface area contributed by atoms with Gasteiger partial charge in [0.15, 0.2) is 0 Å². The van der Waals surface area contributed by atoms with E-state index in [9.17, 15) is 9.59 Å². The van der Waals surface area contributed by atoms with Gasteiger partial charge in [-0.1, -0.05) is 0 Å². The van der Waals surface area contributed by atoms with Crippen LogP contribution >= 0.6 is 11.8 Å². The fourth-order valence-electron chi connectivity index (χ4n) is 0.676. The van der Waals surface area contributed by atoms with E-state index < -0.39 is 5.97 Å². The minimum absolute atomic E-state index is 0.160. The second-order valence-electron chi connectivity index (χ2n) is 1.80. The highest BCUT2D eigenvalue weighted by Gasteiger charge is 2.23. The molecule has 0 aliphatic carbocycles. The SMILES string of the molecule is O=COC(=O)C1CSCN1. The van der Waals surface area contributed by atoms with E-state index in [-0.39, 0.29) is 12.5 Å². The normalized spacial score (nSPS) is 24.2. The lowest BCUT2D eigenvalue weighted by Gasteiger charge is -2.02. The first-order chi connectivity index (χ1) is 4.84. The molecule has 4 nitrogen and oxygen atoms in total. The Kier molecular flexibility index (Phi) is 2.70. The fraction of sp³-hybridized carbons (Fsp3) is 0.600. The molecule has 0 spiro atoms. The van der Waals surface area contributed by atoms with Gasteiger partial charge >= 0.3 is 12.4 Å². The summed E-state index contributed by atoms with van der Waals surface area (Å²) in [7, 11) is 0.